The Balaban J connectivity index is 2.27. The van der Waals surface area contributed by atoms with Gasteiger partial charge in [-0.25, -0.2) is 0 Å². The first-order valence-electron chi connectivity index (χ1n) is 8.47. The summed E-state index contributed by atoms with van der Waals surface area (Å²) in [5.74, 6) is 1.09. The van der Waals surface area contributed by atoms with E-state index in [0.29, 0.717) is 11.5 Å². The highest BCUT2D eigenvalue weighted by Gasteiger charge is 2.39. The third-order valence-corrected chi connectivity index (χ3v) is 5.14. The average molecular weight is 300 g/mol. The van der Waals surface area contributed by atoms with Gasteiger partial charge in [0.1, 0.15) is 0 Å². The first-order chi connectivity index (χ1) is 10.3. The molecule has 3 atom stereocenters. The summed E-state index contributed by atoms with van der Waals surface area (Å²) in [4.78, 5) is 25.0. The van der Waals surface area contributed by atoms with Crippen LogP contribution in [0.5, 0.6) is 0 Å². The molecule has 0 saturated carbocycles. The number of Topliss-reactive ketones (excluding diaryl/α,β-unsaturated/α-hetero) is 1. The minimum absolute atomic E-state index is 0.0702. The number of ketones is 2. The quantitative estimate of drug-likeness (QED) is 0.551. The van der Waals surface area contributed by atoms with Crippen LogP contribution in [-0.2, 0) is 9.59 Å². The second-order valence-corrected chi connectivity index (χ2v) is 7.27. The standard InChI is InChI=1S/C20H28O2/c1-12(2)7-6-8-13(3)16-10-9-14(4)18-17(21)11-15(5)20(22)19(16)18/h7,11,13-14,16H,6,8-10H2,1-5H3/t13-,14+,16-/m0/s1. The number of carbonyl (C=O) groups excluding carboxylic acids is 2. The van der Waals surface area contributed by atoms with Crippen LogP contribution in [0.4, 0.5) is 0 Å². The molecule has 0 saturated heterocycles. The molecule has 2 nitrogen and oxygen atoms in total. The van der Waals surface area contributed by atoms with Gasteiger partial charge in [0.15, 0.2) is 11.6 Å². The summed E-state index contributed by atoms with van der Waals surface area (Å²) in [6, 6.07) is 0. The van der Waals surface area contributed by atoms with Crippen LogP contribution in [0.3, 0.4) is 0 Å². The lowest BCUT2D eigenvalue weighted by molar-refractivity contribution is -0.117. The van der Waals surface area contributed by atoms with Crippen molar-refractivity contribution in [3.05, 3.63) is 34.4 Å². The largest absolute Gasteiger partial charge is 0.290 e. The third kappa shape index (κ3) is 3.31. The molecule has 0 aromatic heterocycles. The van der Waals surface area contributed by atoms with Crippen LogP contribution in [0.1, 0.15) is 60.3 Å². The van der Waals surface area contributed by atoms with Crippen molar-refractivity contribution < 1.29 is 9.59 Å². The van der Waals surface area contributed by atoms with E-state index < -0.39 is 0 Å². The van der Waals surface area contributed by atoms with Gasteiger partial charge in [0.25, 0.3) is 0 Å². The van der Waals surface area contributed by atoms with Gasteiger partial charge in [0, 0.05) is 16.7 Å². The Labute approximate surface area is 134 Å². The molecule has 0 aliphatic heterocycles. The Morgan fingerprint density at radius 1 is 1.27 bits per heavy atom. The summed E-state index contributed by atoms with van der Waals surface area (Å²) in [5.41, 5.74) is 3.60. The highest BCUT2D eigenvalue weighted by atomic mass is 16.1. The van der Waals surface area contributed by atoms with Crippen molar-refractivity contribution in [1.82, 2.24) is 0 Å². The molecule has 0 bridgehead atoms. The van der Waals surface area contributed by atoms with Gasteiger partial charge in [0.05, 0.1) is 0 Å². The van der Waals surface area contributed by atoms with Crippen molar-refractivity contribution >= 4 is 11.6 Å². The Hall–Kier alpha value is -1.44. The summed E-state index contributed by atoms with van der Waals surface area (Å²) in [6.07, 6.45) is 7.97. The molecule has 120 valence electrons. The molecule has 0 amide bonds. The zero-order valence-electron chi connectivity index (χ0n) is 14.5. The maximum Gasteiger partial charge on any atom is 0.185 e. The second kappa shape index (κ2) is 6.76. The van der Waals surface area contributed by atoms with E-state index in [-0.39, 0.29) is 23.4 Å². The maximum absolute atomic E-state index is 12.7. The van der Waals surface area contributed by atoms with Crippen molar-refractivity contribution in [2.24, 2.45) is 17.8 Å². The van der Waals surface area contributed by atoms with Crippen molar-refractivity contribution in [2.75, 3.05) is 0 Å². The predicted octanol–water partition coefficient (Wildman–Crippen LogP) is 4.81. The van der Waals surface area contributed by atoms with Crippen LogP contribution in [0.25, 0.3) is 0 Å². The third-order valence-electron chi connectivity index (χ3n) is 5.14. The van der Waals surface area contributed by atoms with Crippen molar-refractivity contribution in [1.29, 1.82) is 0 Å². The minimum atomic E-state index is 0.0702. The normalized spacial score (nSPS) is 26.5. The van der Waals surface area contributed by atoms with E-state index in [2.05, 4.69) is 33.8 Å². The molecule has 2 aliphatic rings. The summed E-state index contributed by atoms with van der Waals surface area (Å²) in [7, 11) is 0. The summed E-state index contributed by atoms with van der Waals surface area (Å²) in [6.45, 7) is 10.3. The number of hydrogen-bond donors (Lipinski definition) is 0. The number of allylic oxidation sites excluding steroid dienone is 6. The van der Waals surface area contributed by atoms with E-state index in [4.69, 9.17) is 0 Å². The highest BCUT2D eigenvalue weighted by molar-refractivity contribution is 6.23. The molecular formula is C20H28O2. The monoisotopic (exact) mass is 300 g/mol. The van der Waals surface area contributed by atoms with Gasteiger partial charge < -0.3 is 0 Å². The molecule has 0 aromatic carbocycles. The van der Waals surface area contributed by atoms with Crippen LogP contribution in [0, 0.1) is 17.8 Å². The van der Waals surface area contributed by atoms with E-state index in [0.717, 1.165) is 36.8 Å². The van der Waals surface area contributed by atoms with E-state index in [1.54, 1.807) is 6.92 Å². The van der Waals surface area contributed by atoms with E-state index in [1.165, 1.54) is 11.6 Å². The van der Waals surface area contributed by atoms with Gasteiger partial charge >= 0.3 is 0 Å². The molecule has 22 heavy (non-hydrogen) atoms. The van der Waals surface area contributed by atoms with Crippen LogP contribution in [0.15, 0.2) is 34.4 Å². The van der Waals surface area contributed by atoms with Gasteiger partial charge in [-0.05, 0) is 70.3 Å². The fraction of sp³-hybridized carbons (Fsp3) is 0.600. The van der Waals surface area contributed by atoms with Crippen LogP contribution in [0.2, 0.25) is 0 Å². The number of carbonyl (C=O) groups is 2. The highest BCUT2D eigenvalue weighted by Crippen LogP contribution is 2.43. The molecule has 0 aromatic rings. The molecule has 2 aliphatic carbocycles. The molecule has 0 spiro atoms. The molecule has 0 radical (unpaired) electrons. The fourth-order valence-corrected chi connectivity index (χ4v) is 3.81. The van der Waals surface area contributed by atoms with Crippen LogP contribution >= 0.6 is 0 Å². The van der Waals surface area contributed by atoms with Crippen molar-refractivity contribution in [3.63, 3.8) is 0 Å². The second-order valence-electron chi connectivity index (χ2n) is 7.27. The number of hydrogen-bond acceptors (Lipinski definition) is 2. The lowest BCUT2D eigenvalue weighted by atomic mass is 9.67. The summed E-state index contributed by atoms with van der Waals surface area (Å²) in [5, 5.41) is 0. The van der Waals surface area contributed by atoms with Gasteiger partial charge in [0.2, 0.25) is 0 Å². The predicted molar refractivity (Wildman–Crippen MR) is 90.5 cm³/mol. The van der Waals surface area contributed by atoms with Gasteiger partial charge in [-0.1, -0.05) is 25.5 Å². The lowest BCUT2D eigenvalue weighted by Crippen LogP contribution is -2.33. The summed E-state index contributed by atoms with van der Waals surface area (Å²) < 4.78 is 0. The van der Waals surface area contributed by atoms with Gasteiger partial charge in [-0.3, -0.25) is 9.59 Å². The minimum Gasteiger partial charge on any atom is -0.290 e. The zero-order valence-corrected chi connectivity index (χ0v) is 14.5. The molecule has 0 unspecified atom stereocenters. The van der Waals surface area contributed by atoms with E-state index >= 15 is 0 Å². The van der Waals surface area contributed by atoms with Gasteiger partial charge in [-0.15, -0.1) is 0 Å². The van der Waals surface area contributed by atoms with E-state index in [9.17, 15) is 9.59 Å². The smallest absolute Gasteiger partial charge is 0.185 e. The first kappa shape index (κ1) is 16.9. The average Bonchev–Trinajstić information content (AvgIpc) is 2.43. The van der Waals surface area contributed by atoms with Crippen molar-refractivity contribution in [2.45, 2.75) is 60.3 Å². The molecule has 0 heterocycles. The Bertz CT molecular complexity index is 571. The van der Waals surface area contributed by atoms with Crippen molar-refractivity contribution in [3.8, 4) is 0 Å². The molecule has 0 N–H and O–H groups in total. The first-order valence-corrected chi connectivity index (χ1v) is 8.47. The van der Waals surface area contributed by atoms with Crippen LogP contribution < -0.4 is 0 Å². The zero-order chi connectivity index (χ0) is 16.4. The lowest BCUT2D eigenvalue weighted by Gasteiger charge is -2.36. The Morgan fingerprint density at radius 3 is 2.59 bits per heavy atom. The van der Waals surface area contributed by atoms with Crippen LogP contribution in [-0.4, -0.2) is 11.6 Å². The molecule has 0 fully saturated rings. The SMILES string of the molecule is CC(C)=CCC[C@H](C)[C@@H]1CC[C@@H](C)C2=C1C(=O)C(C)=CC2=O. The Morgan fingerprint density at radius 2 is 1.95 bits per heavy atom. The van der Waals surface area contributed by atoms with E-state index in [1.807, 2.05) is 0 Å². The molecule has 2 heteroatoms. The molecule has 2 rings (SSSR count). The number of rotatable bonds is 4. The van der Waals surface area contributed by atoms with Gasteiger partial charge in [-0.2, -0.15) is 0 Å². The maximum atomic E-state index is 12.7. The fourth-order valence-electron chi connectivity index (χ4n) is 3.81. The summed E-state index contributed by atoms with van der Waals surface area (Å²) >= 11 is 0. The topological polar surface area (TPSA) is 34.1 Å². The Kier molecular flexibility index (Phi) is 5.20. The molecular weight excluding hydrogens is 272 g/mol.